The van der Waals surface area contributed by atoms with Gasteiger partial charge in [0.15, 0.2) is 0 Å². The van der Waals surface area contributed by atoms with Crippen LogP contribution in [0.4, 0.5) is 4.39 Å². The van der Waals surface area contributed by atoms with Crippen LogP contribution in [0.5, 0.6) is 0 Å². The molecule has 0 bridgehead atoms. The molecule has 1 aromatic rings. The third-order valence-electron chi connectivity index (χ3n) is 2.51. The third kappa shape index (κ3) is 2.40. The van der Waals surface area contributed by atoms with E-state index >= 15 is 0 Å². The molecule has 0 spiro atoms. The number of rotatable bonds is 2. The molecule has 0 fully saturated rings. The molecule has 0 saturated carbocycles. The van der Waals surface area contributed by atoms with Crippen molar-refractivity contribution in [1.82, 2.24) is 0 Å². The van der Waals surface area contributed by atoms with Crippen molar-refractivity contribution in [2.45, 2.75) is 26.7 Å². The third-order valence-corrected chi connectivity index (χ3v) is 3.00. The number of hydrogen-bond acceptors (Lipinski definition) is 0. The van der Waals surface area contributed by atoms with E-state index in [4.69, 9.17) is 23.2 Å². The van der Waals surface area contributed by atoms with Crippen molar-refractivity contribution in [3.63, 3.8) is 0 Å². The minimum Gasteiger partial charge on any atom is -0.205 e. The quantitative estimate of drug-likeness (QED) is 0.640. The van der Waals surface area contributed by atoms with E-state index in [2.05, 4.69) is 0 Å². The van der Waals surface area contributed by atoms with Crippen LogP contribution in [0.1, 0.15) is 32.3 Å². The maximum atomic E-state index is 13.6. The second-order valence-electron chi connectivity index (χ2n) is 3.82. The summed E-state index contributed by atoms with van der Waals surface area (Å²) in [6.45, 7) is 6.05. The fraction of sp³-hybridized carbons (Fsp3) is 0.455. The molecule has 0 saturated heterocycles. The zero-order chi connectivity index (χ0) is 10.9. The molecule has 0 N–H and O–H groups in total. The van der Waals surface area contributed by atoms with E-state index in [0.717, 1.165) is 0 Å². The van der Waals surface area contributed by atoms with Gasteiger partial charge in [0.2, 0.25) is 0 Å². The van der Waals surface area contributed by atoms with E-state index < -0.39 is 0 Å². The fourth-order valence-electron chi connectivity index (χ4n) is 1.27. The summed E-state index contributed by atoms with van der Waals surface area (Å²) < 4.78 is 13.6. The normalized spacial score (nSPS) is 13.4. The Bertz CT molecular complexity index is 334. The van der Waals surface area contributed by atoms with Crippen LogP contribution in [-0.4, -0.2) is 0 Å². The smallest absolute Gasteiger partial charge is 0.145 e. The van der Waals surface area contributed by atoms with Crippen LogP contribution in [-0.2, 0) is 0 Å². The average Bonchev–Trinajstić information content (AvgIpc) is 2.09. The number of benzene rings is 1. The molecule has 1 aromatic carbocycles. The lowest BCUT2D eigenvalue weighted by molar-refractivity contribution is 0.502. The highest BCUT2D eigenvalue weighted by molar-refractivity contribution is 6.34. The minimum atomic E-state index is -0.350. The Morgan fingerprint density at radius 1 is 1.14 bits per heavy atom. The van der Waals surface area contributed by atoms with Gasteiger partial charge in [-0.25, -0.2) is 4.39 Å². The van der Waals surface area contributed by atoms with Crippen molar-refractivity contribution >= 4 is 23.2 Å². The largest absolute Gasteiger partial charge is 0.205 e. The zero-order valence-electron chi connectivity index (χ0n) is 8.44. The van der Waals surface area contributed by atoms with E-state index in [1.165, 1.54) is 6.07 Å². The van der Waals surface area contributed by atoms with Gasteiger partial charge in [-0.1, -0.05) is 44.0 Å². The molecule has 0 aromatic heterocycles. The maximum Gasteiger partial charge on any atom is 0.145 e. The predicted molar refractivity (Wildman–Crippen MR) is 59.7 cm³/mol. The van der Waals surface area contributed by atoms with Crippen LogP contribution >= 0.6 is 23.2 Å². The van der Waals surface area contributed by atoms with Crippen LogP contribution in [0.2, 0.25) is 10.0 Å². The lowest BCUT2D eigenvalue weighted by Gasteiger charge is -2.17. The highest BCUT2D eigenvalue weighted by Crippen LogP contribution is 2.32. The van der Waals surface area contributed by atoms with Gasteiger partial charge in [0, 0.05) is 5.02 Å². The number of hydrogen-bond donors (Lipinski definition) is 0. The molecule has 3 heteroatoms. The summed E-state index contributed by atoms with van der Waals surface area (Å²) in [6.07, 6.45) is 0. The molecule has 14 heavy (non-hydrogen) atoms. The summed E-state index contributed by atoms with van der Waals surface area (Å²) in [5.41, 5.74) is 0.595. The molecule has 0 heterocycles. The average molecular weight is 235 g/mol. The van der Waals surface area contributed by atoms with Crippen LogP contribution in [0.15, 0.2) is 12.1 Å². The summed E-state index contributed by atoms with van der Waals surface area (Å²) in [5, 5.41) is 0.582. The summed E-state index contributed by atoms with van der Waals surface area (Å²) >= 11 is 11.5. The Morgan fingerprint density at radius 2 is 1.71 bits per heavy atom. The SMILES string of the molecule is CC(C)[C@@H](C)c1cc(Cl)cc(Cl)c1F. The first kappa shape index (κ1) is 11.8. The Labute approximate surface area is 94.0 Å². The van der Waals surface area contributed by atoms with Crippen molar-refractivity contribution < 1.29 is 4.39 Å². The van der Waals surface area contributed by atoms with Gasteiger partial charge in [0.25, 0.3) is 0 Å². The number of halogens is 3. The van der Waals surface area contributed by atoms with Crippen LogP contribution in [0, 0.1) is 11.7 Å². The molecule has 0 unspecified atom stereocenters. The summed E-state index contributed by atoms with van der Waals surface area (Å²) in [7, 11) is 0. The summed E-state index contributed by atoms with van der Waals surface area (Å²) in [5.74, 6) is 0.127. The zero-order valence-corrected chi connectivity index (χ0v) is 9.96. The molecule has 0 radical (unpaired) electrons. The van der Waals surface area contributed by atoms with Gasteiger partial charge in [-0.2, -0.15) is 0 Å². The second-order valence-corrected chi connectivity index (χ2v) is 4.67. The van der Waals surface area contributed by atoms with E-state index in [1.807, 2.05) is 20.8 Å². The van der Waals surface area contributed by atoms with Crippen LogP contribution in [0.25, 0.3) is 0 Å². The lowest BCUT2D eigenvalue weighted by Crippen LogP contribution is -2.05. The molecule has 0 aliphatic heterocycles. The highest BCUT2D eigenvalue weighted by atomic mass is 35.5. The first-order valence-electron chi connectivity index (χ1n) is 4.58. The van der Waals surface area contributed by atoms with E-state index in [0.29, 0.717) is 16.5 Å². The van der Waals surface area contributed by atoms with Crippen LogP contribution in [0.3, 0.4) is 0 Å². The van der Waals surface area contributed by atoms with E-state index in [9.17, 15) is 4.39 Å². The standard InChI is InChI=1S/C11H13Cl2F/c1-6(2)7(3)9-4-8(12)5-10(13)11(9)14/h4-7H,1-3H3/t7-/m1/s1. The van der Waals surface area contributed by atoms with Crippen molar-refractivity contribution in [1.29, 1.82) is 0 Å². The molecule has 0 amide bonds. The topological polar surface area (TPSA) is 0 Å². The van der Waals surface area contributed by atoms with Gasteiger partial charge >= 0.3 is 0 Å². The van der Waals surface area contributed by atoms with Crippen molar-refractivity contribution in [3.8, 4) is 0 Å². The van der Waals surface area contributed by atoms with Gasteiger partial charge in [0.05, 0.1) is 5.02 Å². The molecular formula is C11H13Cl2F. The predicted octanol–water partition coefficient (Wildman–Crippen LogP) is 4.89. The monoisotopic (exact) mass is 234 g/mol. The molecule has 1 atom stereocenters. The van der Waals surface area contributed by atoms with Gasteiger partial charge in [-0.05, 0) is 29.5 Å². The molecule has 1 rings (SSSR count). The first-order valence-corrected chi connectivity index (χ1v) is 5.33. The fourth-order valence-corrected chi connectivity index (χ4v) is 1.78. The Hall–Kier alpha value is -0.270. The van der Waals surface area contributed by atoms with Crippen LogP contribution < -0.4 is 0 Å². The minimum absolute atomic E-state index is 0.0972. The molecule has 0 aliphatic rings. The van der Waals surface area contributed by atoms with Crippen molar-refractivity contribution in [2.75, 3.05) is 0 Å². The molecule has 0 nitrogen and oxygen atoms in total. The Balaban J connectivity index is 3.20. The summed E-state index contributed by atoms with van der Waals surface area (Å²) in [4.78, 5) is 0. The molecule has 78 valence electrons. The van der Waals surface area contributed by atoms with E-state index in [1.54, 1.807) is 6.07 Å². The molecular weight excluding hydrogens is 222 g/mol. The van der Waals surface area contributed by atoms with Gasteiger partial charge in [0.1, 0.15) is 5.82 Å². The maximum absolute atomic E-state index is 13.6. The van der Waals surface area contributed by atoms with E-state index in [-0.39, 0.29) is 16.8 Å². The van der Waals surface area contributed by atoms with Gasteiger partial charge in [-0.15, -0.1) is 0 Å². The highest BCUT2D eigenvalue weighted by Gasteiger charge is 2.17. The van der Waals surface area contributed by atoms with Gasteiger partial charge < -0.3 is 0 Å². The van der Waals surface area contributed by atoms with Crippen molar-refractivity contribution in [3.05, 3.63) is 33.6 Å². The van der Waals surface area contributed by atoms with Crippen molar-refractivity contribution in [2.24, 2.45) is 5.92 Å². The molecule has 0 aliphatic carbocycles. The second kappa shape index (κ2) is 4.50. The van der Waals surface area contributed by atoms with Gasteiger partial charge in [-0.3, -0.25) is 0 Å². The Morgan fingerprint density at radius 3 is 2.21 bits per heavy atom. The Kier molecular flexibility index (Phi) is 3.79. The summed E-state index contributed by atoms with van der Waals surface area (Å²) in [6, 6.07) is 3.07. The first-order chi connectivity index (χ1) is 6.43. The lowest BCUT2D eigenvalue weighted by atomic mass is 9.90.